The number of hydrogen-bond acceptors (Lipinski definition) is 4. The van der Waals surface area contributed by atoms with Crippen molar-refractivity contribution in [2.45, 2.75) is 18.9 Å². The Morgan fingerprint density at radius 2 is 2.12 bits per heavy atom. The molecule has 0 N–H and O–H groups in total. The monoisotopic (exact) mass is 346 g/mol. The van der Waals surface area contributed by atoms with Crippen molar-refractivity contribution in [3.63, 3.8) is 0 Å². The van der Waals surface area contributed by atoms with E-state index in [2.05, 4.69) is 0 Å². The van der Waals surface area contributed by atoms with Crippen LogP contribution in [0.2, 0.25) is 0 Å². The van der Waals surface area contributed by atoms with Gasteiger partial charge in [0.05, 0.1) is 19.7 Å². The zero-order chi connectivity index (χ0) is 18.0. The third kappa shape index (κ3) is 3.70. The SMILES string of the molecule is Cc1cccc(C(=O)N2CC3(C2)OCC[C@H]3COCC(=O)N(C)C)c1. The van der Waals surface area contributed by atoms with Crippen LogP contribution < -0.4 is 0 Å². The van der Waals surface area contributed by atoms with Gasteiger partial charge in [0.25, 0.3) is 5.91 Å². The number of ether oxygens (including phenoxy) is 2. The van der Waals surface area contributed by atoms with Crippen LogP contribution in [-0.2, 0) is 14.3 Å². The lowest BCUT2D eigenvalue weighted by Gasteiger charge is -2.50. The van der Waals surface area contributed by atoms with E-state index in [9.17, 15) is 9.59 Å². The van der Waals surface area contributed by atoms with E-state index in [0.29, 0.717) is 26.3 Å². The lowest BCUT2D eigenvalue weighted by molar-refractivity contribution is -0.141. The topological polar surface area (TPSA) is 59.1 Å². The minimum atomic E-state index is -0.305. The normalized spacial score (nSPS) is 21.2. The fraction of sp³-hybridized carbons (Fsp3) is 0.579. The standard InChI is InChI=1S/C19H26N2O4/c1-14-5-4-6-15(9-14)18(23)21-12-19(13-21)16(7-8-25-19)10-24-11-17(22)20(2)3/h4-6,9,16H,7-8,10-13H2,1-3H3/t16-/m0/s1. The molecule has 136 valence electrons. The van der Waals surface area contributed by atoms with E-state index in [0.717, 1.165) is 17.5 Å². The van der Waals surface area contributed by atoms with Gasteiger partial charge in [-0.1, -0.05) is 17.7 Å². The molecule has 2 saturated heterocycles. The number of aryl methyl sites for hydroxylation is 1. The summed E-state index contributed by atoms with van der Waals surface area (Å²) in [6.07, 6.45) is 0.905. The minimum absolute atomic E-state index is 0.0437. The summed E-state index contributed by atoms with van der Waals surface area (Å²) < 4.78 is 11.6. The third-order valence-corrected chi connectivity index (χ3v) is 5.11. The van der Waals surface area contributed by atoms with Crippen LogP contribution in [0.5, 0.6) is 0 Å². The van der Waals surface area contributed by atoms with Gasteiger partial charge in [-0.05, 0) is 25.5 Å². The number of carbonyl (C=O) groups is 2. The highest BCUT2D eigenvalue weighted by Gasteiger charge is 2.54. The first kappa shape index (κ1) is 17.9. The average Bonchev–Trinajstić information content (AvgIpc) is 2.96. The molecule has 2 aliphatic heterocycles. The van der Waals surface area contributed by atoms with Gasteiger partial charge in [0.1, 0.15) is 12.2 Å². The first-order chi connectivity index (χ1) is 11.9. The summed E-state index contributed by atoms with van der Waals surface area (Å²) in [5, 5.41) is 0. The van der Waals surface area contributed by atoms with Crippen molar-refractivity contribution in [2.75, 3.05) is 47.0 Å². The maximum absolute atomic E-state index is 12.6. The van der Waals surface area contributed by atoms with Crippen LogP contribution in [0.15, 0.2) is 24.3 Å². The molecule has 2 heterocycles. The fourth-order valence-corrected chi connectivity index (χ4v) is 3.49. The van der Waals surface area contributed by atoms with Crippen molar-refractivity contribution >= 4 is 11.8 Å². The highest BCUT2D eigenvalue weighted by Crippen LogP contribution is 2.40. The Kier molecular flexibility index (Phi) is 5.11. The Balaban J connectivity index is 1.53. The Morgan fingerprint density at radius 3 is 2.80 bits per heavy atom. The lowest BCUT2D eigenvalue weighted by Crippen LogP contribution is -2.66. The second-order valence-electron chi connectivity index (χ2n) is 7.23. The molecule has 0 saturated carbocycles. The lowest BCUT2D eigenvalue weighted by atomic mass is 9.81. The number of carbonyl (C=O) groups excluding carboxylic acids is 2. The molecule has 0 bridgehead atoms. The van der Waals surface area contributed by atoms with Crippen LogP contribution in [0, 0.1) is 12.8 Å². The van der Waals surface area contributed by atoms with Crippen molar-refractivity contribution in [1.29, 1.82) is 0 Å². The predicted molar refractivity (Wildman–Crippen MR) is 93.4 cm³/mol. The number of hydrogen-bond donors (Lipinski definition) is 0. The molecule has 2 fully saturated rings. The van der Waals surface area contributed by atoms with E-state index >= 15 is 0 Å². The molecule has 1 spiro atoms. The summed E-state index contributed by atoms with van der Waals surface area (Å²) in [5.41, 5.74) is 1.49. The second kappa shape index (κ2) is 7.14. The van der Waals surface area contributed by atoms with E-state index in [4.69, 9.17) is 9.47 Å². The summed E-state index contributed by atoms with van der Waals surface area (Å²) in [4.78, 5) is 27.5. The van der Waals surface area contributed by atoms with Gasteiger partial charge in [0.2, 0.25) is 5.91 Å². The molecule has 3 rings (SSSR count). The number of likely N-dealkylation sites (N-methyl/N-ethyl adjacent to an activating group) is 1. The molecule has 6 nitrogen and oxygen atoms in total. The van der Waals surface area contributed by atoms with E-state index < -0.39 is 0 Å². The van der Waals surface area contributed by atoms with E-state index in [1.54, 1.807) is 14.1 Å². The van der Waals surface area contributed by atoms with Crippen LogP contribution in [0.1, 0.15) is 22.3 Å². The van der Waals surface area contributed by atoms with Gasteiger partial charge >= 0.3 is 0 Å². The number of benzene rings is 1. The highest BCUT2D eigenvalue weighted by molar-refractivity contribution is 5.95. The first-order valence-electron chi connectivity index (χ1n) is 8.69. The zero-order valence-electron chi connectivity index (χ0n) is 15.2. The summed E-state index contributed by atoms with van der Waals surface area (Å²) in [6, 6.07) is 7.65. The maximum Gasteiger partial charge on any atom is 0.254 e. The molecule has 2 amide bonds. The average molecular weight is 346 g/mol. The van der Waals surface area contributed by atoms with Gasteiger partial charge in [0.15, 0.2) is 0 Å². The van der Waals surface area contributed by atoms with Crippen molar-refractivity contribution in [3.8, 4) is 0 Å². The molecule has 1 aromatic rings. The molecule has 0 unspecified atom stereocenters. The number of amides is 2. The van der Waals surface area contributed by atoms with Crippen LogP contribution in [-0.4, -0.2) is 74.2 Å². The number of rotatable bonds is 5. The molecule has 1 aromatic carbocycles. The number of nitrogens with zero attached hydrogens (tertiary/aromatic N) is 2. The van der Waals surface area contributed by atoms with Gasteiger partial charge in [-0.3, -0.25) is 9.59 Å². The molecule has 2 aliphatic rings. The van der Waals surface area contributed by atoms with Crippen LogP contribution >= 0.6 is 0 Å². The molecule has 0 radical (unpaired) electrons. The van der Waals surface area contributed by atoms with Crippen LogP contribution in [0.4, 0.5) is 0 Å². The molecular weight excluding hydrogens is 320 g/mol. The van der Waals surface area contributed by atoms with Gasteiger partial charge in [-0.25, -0.2) is 0 Å². The first-order valence-corrected chi connectivity index (χ1v) is 8.69. The zero-order valence-corrected chi connectivity index (χ0v) is 15.2. The second-order valence-corrected chi connectivity index (χ2v) is 7.23. The van der Waals surface area contributed by atoms with E-state index in [1.807, 2.05) is 36.1 Å². The van der Waals surface area contributed by atoms with Crippen LogP contribution in [0.3, 0.4) is 0 Å². The van der Waals surface area contributed by atoms with E-state index in [-0.39, 0.29) is 29.9 Å². The molecule has 25 heavy (non-hydrogen) atoms. The molecular formula is C19H26N2O4. The Bertz CT molecular complexity index is 653. The maximum atomic E-state index is 12.6. The number of likely N-dealkylation sites (tertiary alicyclic amines) is 1. The highest BCUT2D eigenvalue weighted by atomic mass is 16.5. The van der Waals surface area contributed by atoms with Crippen molar-refractivity contribution < 1.29 is 19.1 Å². The van der Waals surface area contributed by atoms with Crippen molar-refractivity contribution in [1.82, 2.24) is 9.80 Å². The van der Waals surface area contributed by atoms with Crippen molar-refractivity contribution in [2.24, 2.45) is 5.92 Å². The Morgan fingerprint density at radius 1 is 1.36 bits per heavy atom. The summed E-state index contributed by atoms with van der Waals surface area (Å²) in [7, 11) is 3.43. The smallest absolute Gasteiger partial charge is 0.254 e. The summed E-state index contributed by atoms with van der Waals surface area (Å²) in [5.74, 6) is 0.231. The minimum Gasteiger partial charge on any atom is -0.371 e. The third-order valence-electron chi connectivity index (χ3n) is 5.11. The van der Waals surface area contributed by atoms with Crippen molar-refractivity contribution in [3.05, 3.63) is 35.4 Å². The summed E-state index contributed by atoms with van der Waals surface area (Å²) >= 11 is 0. The Hall–Kier alpha value is -1.92. The molecule has 6 heteroatoms. The van der Waals surface area contributed by atoms with Crippen LogP contribution in [0.25, 0.3) is 0 Å². The predicted octanol–water partition coefficient (Wildman–Crippen LogP) is 1.33. The molecule has 0 aromatic heterocycles. The quantitative estimate of drug-likeness (QED) is 0.807. The van der Waals surface area contributed by atoms with E-state index in [1.165, 1.54) is 4.90 Å². The largest absolute Gasteiger partial charge is 0.371 e. The van der Waals surface area contributed by atoms with Gasteiger partial charge in [-0.2, -0.15) is 0 Å². The summed E-state index contributed by atoms with van der Waals surface area (Å²) in [6.45, 7) is 4.43. The fourth-order valence-electron chi connectivity index (χ4n) is 3.49. The van der Waals surface area contributed by atoms with Gasteiger partial charge < -0.3 is 19.3 Å². The molecule has 0 aliphatic carbocycles. The van der Waals surface area contributed by atoms with Gasteiger partial charge in [0, 0.05) is 32.2 Å². The molecule has 1 atom stereocenters. The Labute approximate surface area is 148 Å². The van der Waals surface area contributed by atoms with Gasteiger partial charge in [-0.15, -0.1) is 0 Å².